The van der Waals surface area contributed by atoms with Crippen molar-refractivity contribution in [2.45, 2.75) is 20.0 Å². The third-order valence-electron chi connectivity index (χ3n) is 3.03. The van der Waals surface area contributed by atoms with Crippen molar-refractivity contribution in [2.75, 3.05) is 0 Å². The summed E-state index contributed by atoms with van der Waals surface area (Å²) in [4.78, 5) is 11.2. The number of carbonyl (C=O) groups is 1. The first-order chi connectivity index (χ1) is 10.1. The van der Waals surface area contributed by atoms with Crippen LogP contribution in [0.15, 0.2) is 42.5 Å². The number of hydrazine groups is 1. The molecule has 2 aromatic rings. The Balaban J connectivity index is 1.96. The highest BCUT2D eigenvalue weighted by Gasteiger charge is 2.04. The minimum atomic E-state index is -0.217. The first-order valence-corrected chi connectivity index (χ1v) is 6.92. The number of hydrogen-bond acceptors (Lipinski definition) is 3. The van der Waals surface area contributed by atoms with Gasteiger partial charge in [-0.1, -0.05) is 41.9 Å². The molecule has 0 aliphatic carbocycles. The van der Waals surface area contributed by atoms with Gasteiger partial charge in [-0.3, -0.25) is 10.2 Å². The second-order valence-corrected chi connectivity index (χ2v) is 5.19. The third kappa shape index (κ3) is 4.48. The molecule has 21 heavy (non-hydrogen) atoms. The lowest BCUT2D eigenvalue weighted by molar-refractivity contribution is -0.120. The second-order valence-electron chi connectivity index (χ2n) is 4.78. The van der Waals surface area contributed by atoms with Crippen LogP contribution in [0.4, 0.5) is 0 Å². The average molecular weight is 305 g/mol. The van der Waals surface area contributed by atoms with Crippen molar-refractivity contribution < 1.29 is 9.53 Å². The first kappa shape index (κ1) is 15.4. The Hall–Kier alpha value is -2.04. The van der Waals surface area contributed by atoms with Gasteiger partial charge in [0.2, 0.25) is 5.91 Å². The van der Waals surface area contributed by atoms with E-state index in [0.29, 0.717) is 17.4 Å². The van der Waals surface area contributed by atoms with Crippen LogP contribution >= 0.6 is 11.6 Å². The van der Waals surface area contributed by atoms with E-state index in [2.05, 4.69) is 5.43 Å². The highest BCUT2D eigenvalue weighted by molar-refractivity contribution is 6.32. The lowest BCUT2D eigenvalue weighted by atomic mass is 10.1. The van der Waals surface area contributed by atoms with E-state index >= 15 is 0 Å². The highest BCUT2D eigenvalue weighted by atomic mass is 35.5. The van der Waals surface area contributed by atoms with Gasteiger partial charge in [0.25, 0.3) is 0 Å². The normalized spacial score (nSPS) is 10.2. The molecule has 4 nitrogen and oxygen atoms in total. The number of halogens is 1. The zero-order valence-corrected chi connectivity index (χ0v) is 12.5. The first-order valence-electron chi connectivity index (χ1n) is 6.54. The zero-order chi connectivity index (χ0) is 15.2. The van der Waals surface area contributed by atoms with Crippen LogP contribution in [0.2, 0.25) is 5.02 Å². The van der Waals surface area contributed by atoms with Gasteiger partial charge in [-0.05, 0) is 35.7 Å². The van der Waals surface area contributed by atoms with Crippen LogP contribution in [0.3, 0.4) is 0 Å². The summed E-state index contributed by atoms with van der Waals surface area (Å²) in [6.07, 6.45) is 0.265. The smallest absolute Gasteiger partial charge is 0.238 e. The van der Waals surface area contributed by atoms with Crippen molar-refractivity contribution in [3.8, 4) is 5.75 Å². The molecule has 5 heteroatoms. The molecule has 0 saturated carbocycles. The Morgan fingerprint density at radius 1 is 1.19 bits per heavy atom. The van der Waals surface area contributed by atoms with Crippen LogP contribution in [-0.2, 0) is 17.8 Å². The van der Waals surface area contributed by atoms with Crippen LogP contribution in [0.25, 0.3) is 0 Å². The van der Waals surface area contributed by atoms with Crippen LogP contribution in [-0.4, -0.2) is 5.91 Å². The van der Waals surface area contributed by atoms with Gasteiger partial charge in [0.05, 0.1) is 11.4 Å². The van der Waals surface area contributed by atoms with E-state index in [-0.39, 0.29) is 12.3 Å². The van der Waals surface area contributed by atoms with Crippen LogP contribution < -0.4 is 16.0 Å². The summed E-state index contributed by atoms with van der Waals surface area (Å²) in [7, 11) is 0. The van der Waals surface area contributed by atoms with Crippen molar-refractivity contribution in [1.82, 2.24) is 5.43 Å². The van der Waals surface area contributed by atoms with E-state index in [4.69, 9.17) is 22.2 Å². The molecule has 0 bridgehead atoms. The minimum Gasteiger partial charge on any atom is -0.487 e. The standard InChI is InChI=1S/C16H17ClN2O2/c1-11-2-7-15(14(17)8-11)21-10-13-5-3-12(4-6-13)9-16(20)19-18/h2-8H,9-10,18H2,1H3,(H,19,20). The Morgan fingerprint density at radius 3 is 2.48 bits per heavy atom. The van der Waals surface area contributed by atoms with Gasteiger partial charge in [0, 0.05) is 0 Å². The number of benzene rings is 2. The molecule has 0 aliphatic heterocycles. The van der Waals surface area contributed by atoms with Crippen molar-refractivity contribution in [3.05, 3.63) is 64.2 Å². The lowest BCUT2D eigenvalue weighted by Gasteiger charge is -2.09. The lowest BCUT2D eigenvalue weighted by Crippen LogP contribution is -2.31. The highest BCUT2D eigenvalue weighted by Crippen LogP contribution is 2.26. The maximum Gasteiger partial charge on any atom is 0.238 e. The summed E-state index contributed by atoms with van der Waals surface area (Å²) in [5, 5.41) is 0.603. The summed E-state index contributed by atoms with van der Waals surface area (Å²) in [5.74, 6) is 5.50. The molecule has 0 aromatic heterocycles. The molecule has 0 fully saturated rings. The molecule has 0 unspecified atom stereocenters. The zero-order valence-electron chi connectivity index (χ0n) is 11.7. The minimum absolute atomic E-state index is 0.217. The Bertz CT molecular complexity index is 627. The SMILES string of the molecule is Cc1ccc(OCc2ccc(CC(=O)NN)cc2)c(Cl)c1. The quantitative estimate of drug-likeness (QED) is 0.507. The van der Waals surface area contributed by atoms with Crippen molar-refractivity contribution >= 4 is 17.5 Å². The van der Waals surface area contributed by atoms with Crippen LogP contribution in [0, 0.1) is 6.92 Å². The largest absolute Gasteiger partial charge is 0.487 e. The summed E-state index contributed by atoms with van der Waals surface area (Å²) in [6.45, 7) is 2.40. The molecule has 3 N–H and O–H groups in total. The molecule has 0 aliphatic rings. The van der Waals surface area contributed by atoms with Crippen molar-refractivity contribution in [1.29, 1.82) is 0 Å². The molecule has 110 valence electrons. The molecule has 0 atom stereocenters. The fourth-order valence-electron chi connectivity index (χ4n) is 1.87. The number of nitrogens with two attached hydrogens (primary N) is 1. The van der Waals surface area contributed by atoms with Gasteiger partial charge in [-0.15, -0.1) is 0 Å². The summed E-state index contributed by atoms with van der Waals surface area (Å²) >= 11 is 6.11. The fourth-order valence-corrected chi connectivity index (χ4v) is 2.16. The summed E-state index contributed by atoms with van der Waals surface area (Å²) in [6, 6.07) is 13.3. The number of nitrogens with one attached hydrogen (secondary N) is 1. The number of hydrogen-bond donors (Lipinski definition) is 2. The van der Waals surface area contributed by atoms with E-state index < -0.39 is 0 Å². The fraction of sp³-hybridized carbons (Fsp3) is 0.188. The molecule has 0 spiro atoms. The van der Waals surface area contributed by atoms with Gasteiger partial charge >= 0.3 is 0 Å². The molecule has 0 heterocycles. The van der Waals surface area contributed by atoms with Gasteiger partial charge in [0.1, 0.15) is 12.4 Å². The van der Waals surface area contributed by atoms with Gasteiger partial charge in [-0.25, -0.2) is 5.84 Å². The van der Waals surface area contributed by atoms with Crippen molar-refractivity contribution in [2.24, 2.45) is 5.84 Å². The number of carbonyl (C=O) groups excluding carboxylic acids is 1. The molecule has 0 saturated heterocycles. The molecule has 2 aromatic carbocycles. The monoisotopic (exact) mass is 304 g/mol. The van der Waals surface area contributed by atoms with Gasteiger partial charge in [-0.2, -0.15) is 0 Å². The number of amides is 1. The molecule has 0 radical (unpaired) electrons. The molecular formula is C16H17ClN2O2. The third-order valence-corrected chi connectivity index (χ3v) is 3.33. The molecular weight excluding hydrogens is 288 g/mol. The Kier molecular flexibility index (Phi) is 5.20. The maximum absolute atomic E-state index is 11.2. The topological polar surface area (TPSA) is 64.3 Å². The van der Waals surface area contributed by atoms with E-state index in [1.165, 1.54) is 0 Å². The predicted molar refractivity (Wildman–Crippen MR) is 83.0 cm³/mol. The van der Waals surface area contributed by atoms with Crippen molar-refractivity contribution in [3.63, 3.8) is 0 Å². The number of ether oxygens (including phenoxy) is 1. The Morgan fingerprint density at radius 2 is 1.86 bits per heavy atom. The summed E-state index contributed by atoms with van der Waals surface area (Å²) < 4.78 is 5.69. The maximum atomic E-state index is 11.2. The van der Waals surface area contributed by atoms with Crippen LogP contribution in [0.1, 0.15) is 16.7 Å². The number of aryl methyl sites for hydroxylation is 1. The Labute approximate surface area is 128 Å². The van der Waals surface area contributed by atoms with E-state index in [0.717, 1.165) is 16.7 Å². The van der Waals surface area contributed by atoms with E-state index in [1.807, 2.05) is 49.4 Å². The molecule has 2 rings (SSSR count). The van der Waals surface area contributed by atoms with E-state index in [9.17, 15) is 4.79 Å². The average Bonchev–Trinajstić information content (AvgIpc) is 2.48. The summed E-state index contributed by atoms with van der Waals surface area (Å²) in [5.41, 5.74) is 5.10. The molecule has 1 amide bonds. The van der Waals surface area contributed by atoms with E-state index in [1.54, 1.807) is 0 Å². The van der Waals surface area contributed by atoms with Crippen LogP contribution in [0.5, 0.6) is 5.75 Å². The predicted octanol–water partition coefficient (Wildman–Crippen LogP) is 2.76. The number of rotatable bonds is 5. The van der Waals surface area contributed by atoms with Gasteiger partial charge in [0.15, 0.2) is 0 Å². The second kappa shape index (κ2) is 7.11. The van der Waals surface area contributed by atoms with Gasteiger partial charge < -0.3 is 4.74 Å².